The minimum atomic E-state index is -0.887. The predicted octanol–water partition coefficient (Wildman–Crippen LogP) is 5.42. The summed E-state index contributed by atoms with van der Waals surface area (Å²) in [5, 5.41) is 15.4. The molecule has 1 saturated carbocycles. The normalized spacial score (nSPS) is 21.1. The molecule has 2 atom stereocenters. The summed E-state index contributed by atoms with van der Waals surface area (Å²) < 4.78 is 19.3. The maximum atomic E-state index is 14.1. The Labute approximate surface area is 307 Å². The van der Waals surface area contributed by atoms with Gasteiger partial charge >= 0.3 is 11.9 Å². The number of rotatable bonds is 14. The van der Waals surface area contributed by atoms with Crippen LogP contribution in [0.1, 0.15) is 49.3 Å². The van der Waals surface area contributed by atoms with Crippen molar-refractivity contribution >= 4 is 60.0 Å². The Hall–Kier alpha value is -4.04. The van der Waals surface area contributed by atoms with E-state index in [1.54, 1.807) is 16.5 Å². The monoisotopic (exact) mass is 738 g/mol. The van der Waals surface area contributed by atoms with Crippen molar-refractivity contribution < 1.29 is 28.6 Å². The van der Waals surface area contributed by atoms with Crippen LogP contribution < -0.4 is 10.2 Å². The number of halogens is 2. The van der Waals surface area contributed by atoms with Gasteiger partial charge in [0.15, 0.2) is 0 Å². The van der Waals surface area contributed by atoms with Gasteiger partial charge in [-0.3, -0.25) is 29.4 Å². The molecule has 14 heteroatoms. The van der Waals surface area contributed by atoms with Gasteiger partial charge < -0.3 is 20.1 Å². The summed E-state index contributed by atoms with van der Waals surface area (Å²) in [5.74, 6) is -0.838. The molecule has 1 unspecified atom stereocenters. The molecular weight excluding hydrogens is 695 g/mol. The number of carbonyl (C=O) groups excluding carboxylic acids is 2. The lowest BCUT2D eigenvalue weighted by Gasteiger charge is -2.42. The Balaban J connectivity index is 1.37. The van der Waals surface area contributed by atoms with Crippen LogP contribution in [0.2, 0.25) is 5.02 Å². The number of piperazine rings is 1. The van der Waals surface area contributed by atoms with Crippen molar-refractivity contribution in [1.82, 2.24) is 15.1 Å². The molecule has 0 radical (unpaired) electrons. The summed E-state index contributed by atoms with van der Waals surface area (Å²) in [6, 6.07) is 10.5. The Bertz CT molecular complexity index is 1700. The van der Waals surface area contributed by atoms with Gasteiger partial charge in [0.25, 0.3) is 0 Å². The summed E-state index contributed by atoms with van der Waals surface area (Å²) >= 11 is 7.95. The minimum absolute atomic E-state index is 0.0549. The number of esters is 1. The molecule has 2 heterocycles. The first-order chi connectivity index (χ1) is 24.6. The number of carbonyl (C=O) groups is 3. The number of amides is 1. The van der Waals surface area contributed by atoms with Gasteiger partial charge in [-0.25, -0.2) is 9.18 Å². The molecule has 1 saturated heterocycles. The molecule has 1 aliphatic carbocycles. The number of aliphatic carboxylic acids is 1. The van der Waals surface area contributed by atoms with Crippen molar-refractivity contribution in [2.24, 2.45) is 9.98 Å². The molecule has 5 rings (SSSR count). The maximum absolute atomic E-state index is 14.1. The van der Waals surface area contributed by atoms with E-state index in [-0.39, 0.29) is 16.6 Å². The van der Waals surface area contributed by atoms with Gasteiger partial charge in [0, 0.05) is 66.9 Å². The summed E-state index contributed by atoms with van der Waals surface area (Å²) in [6.07, 6.45) is 6.40. The molecule has 11 nitrogen and oxygen atoms in total. The van der Waals surface area contributed by atoms with Gasteiger partial charge in [-0.05, 0) is 61.8 Å². The van der Waals surface area contributed by atoms with Crippen LogP contribution in [0.25, 0.3) is 0 Å². The molecule has 272 valence electrons. The van der Waals surface area contributed by atoms with Crippen molar-refractivity contribution in [2.75, 3.05) is 57.5 Å². The summed E-state index contributed by atoms with van der Waals surface area (Å²) in [7, 11) is 3.33. The second-order valence-corrected chi connectivity index (χ2v) is 14.4. The lowest BCUT2D eigenvalue weighted by atomic mass is 9.69. The number of carboxylic acid groups (broad SMARTS) is 1. The highest BCUT2D eigenvalue weighted by Gasteiger charge is 2.41. The van der Waals surface area contributed by atoms with Crippen LogP contribution in [0.3, 0.4) is 0 Å². The van der Waals surface area contributed by atoms with E-state index in [0.717, 1.165) is 31.2 Å². The summed E-state index contributed by atoms with van der Waals surface area (Å²) in [4.78, 5) is 52.8. The molecule has 0 aromatic heterocycles. The highest BCUT2D eigenvalue weighted by Crippen LogP contribution is 2.40. The standard InChI is InChI=1S/C37H44ClFN6O5S/c1-40-15-18-51-23-32-41-31(33(35(47)50-3)34(42-32)29-12-9-26(39)19-30(29)38)22-44-17-16-43(2)28(20-44)21-45(24-46)27-10-7-25(8-11-27)37(36(48)49)13-5-4-6-14-37/h7-12,15,18-19,24,28,34H,1,4-6,13-14,16-17,20-23H2,2-3H3,(H,41,42)(H,48,49)/b18-15-/t28?,34-/m0/s1. The van der Waals surface area contributed by atoms with Crippen LogP contribution in [0.15, 0.2) is 75.3 Å². The number of aliphatic imine (C=N–C) groups is 2. The third-order valence-electron chi connectivity index (χ3n) is 9.97. The number of hydrogen-bond donors (Lipinski definition) is 2. The van der Waals surface area contributed by atoms with E-state index in [0.29, 0.717) is 74.1 Å². The largest absolute Gasteiger partial charge is 0.481 e. The van der Waals surface area contributed by atoms with Gasteiger partial charge in [0.1, 0.15) is 17.7 Å². The van der Waals surface area contributed by atoms with Crippen LogP contribution in [0.5, 0.6) is 0 Å². The highest BCUT2D eigenvalue weighted by molar-refractivity contribution is 8.02. The Morgan fingerprint density at radius 1 is 1.22 bits per heavy atom. The first-order valence-corrected chi connectivity index (χ1v) is 18.3. The smallest absolute Gasteiger partial charge is 0.338 e. The van der Waals surface area contributed by atoms with Crippen molar-refractivity contribution in [3.63, 3.8) is 0 Å². The number of likely N-dealkylation sites (N-methyl/N-ethyl adjacent to an activating group) is 1. The average molecular weight is 739 g/mol. The van der Waals surface area contributed by atoms with Crippen LogP contribution in [0, 0.1) is 5.82 Å². The zero-order valence-corrected chi connectivity index (χ0v) is 30.5. The minimum Gasteiger partial charge on any atom is -0.481 e. The molecule has 3 aliphatic rings. The van der Waals surface area contributed by atoms with E-state index in [9.17, 15) is 23.9 Å². The SMILES string of the molecule is C=N/C=C\SCC1=N[C@@H](c2ccc(F)cc2Cl)C(C(=O)OC)=C(CN2CCN(C)C(CN(C=O)c3ccc(C4(C(=O)O)CCCCC4)cc3)C2)N1. The van der Waals surface area contributed by atoms with Gasteiger partial charge in [0.2, 0.25) is 6.41 Å². The second-order valence-electron chi connectivity index (χ2n) is 13.1. The summed E-state index contributed by atoms with van der Waals surface area (Å²) in [5.41, 5.74) is 1.94. The van der Waals surface area contributed by atoms with E-state index >= 15 is 0 Å². The molecule has 51 heavy (non-hydrogen) atoms. The molecule has 1 amide bonds. The molecule has 2 fully saturated rings. The number of nitrogens with zero attached hydrogens (tertiary/aromatic N) is 5. The topological polar surface area (TPSA) is 127 Å². The first-order valence-electron chi connectivity index (χ1n) is 16.9. The fourth-order valence-electron chi connectivity index (χ4n) is 7.13. The molecular formula is C37H44ClFN6O5S. The Morgan fingerprint density at radius 3 is 2.61 bits per heavy atom. The number of hydrogen-bond acceptors (Lipinski definition) is 10. The second kappa shape index (κ2) is 17.5. The third kappa shape index (κ3) is 8.89. The van der Waals surface area contributed by atoms with Crippen molar-refractivity contribution in [3.05, 3.63) is 87.3 Å². The van der Waals surface area contributed by atoms with Crippen molar-refractivity contribution in [2.45, 2.75) is 49.6 Å². The first kappa shape index (κ1) is 38.2. The van der Waals surface area contributed by atoms with Gasteiger partial charge in [-0.1, -0.05) is 49.1 Å². The van der Waals surface area contributed by atoms with Crippen LogP contribution >= 0.6 is 23.4 Å². The number of benzene rings is 2. The summed E-state index contributed by atoms with van der Waals surface area (Å²) in [6.45, 7) is 6.19. The van der Waals surface area contributed by atoms with Gasteiger partial charge in [0.05, 0.1) is 23.9 Å². The van der Waals surface area contributed by atoms with Crippen LogP contribution in [-0.4, -0.2) is 104 Å². The lowest BCUT2D eigenvalue weighted by Crippen LogP contribution is -2.56. The molecule has 2 aromatic rings. The number of nitrogens with one attached hydrogen (secondary N) is 1. The zero-order chi connectivity index (χ0) is 36.5. The van der Waals surface area contributed by atoms with Crippen molar-refractivity contribution in [3.8, 4) is 0 Å². The number of anilines is 1. The molecule has 2 N–H and O–H groups in total. The predicted molar refractivity (Wildman–Crippen MR) is 200 cm³/mol. The molecule has 0 bridgehead atoms. The molecule has 2 aliphatic heterocycles. The highest BCUT2D eigenvalue weighted by atomic mass is 35.5. The fraction of sp³-hybridized carbons (Fsp3) is 0.432. The van der Waals surface area contributed by atoms with E-state index in [4.69, 9.17) is 21.3 Å². The molecule has 2 aromatic carbocycles. The number of methoxy groups -OCH3 is 1. The number of amidine groups is 1. The quantitative estimate of drug-likeness (QED) is 0.149. The number of ether oxygens (including phenoxy) is 1. The van der Waals surface area contributed by atoms with Crippen LogP contribution in [-0.2, 0) is 24.5 Å². The number of carboxylic acids is 1. The van der Waals surface area contributed by atoms with Gasteiger partial charge in [-0.2, -0.15) is 0 Å². The average Bonchev–Trinajstić information content (AvgIpc) is 3.13. The fourth-order valence-corrected chi connectivity index (χ4v) is 7.97. The van der Waals surface area contributed by atoms with E-state index in [2.05, 4.69) is 26.8 Å². The van der Waals surface area contributed by atoms with E-state index in [1.807, 2.05) is 31.3 Å². The maximum Gasteiger partial charge on any atom is 0.338 e. The third-order valence-corrected chi connectivity index (χ3v) is 11.1. The van der Waals surface area contributed by atoms with Crippen LogP contribution in [0.4, 0.5) is 10.1 Å². The molecule has 0 spiro atoms. The Kier molecular flexibility index (Phi) is 13.1. The lowest BCUT2D eigenvalue weighted by molar-refractivity contribution is -0.145. The number of thioether (sulfide) groups is 1. The zero-order valence-electron chi connectivity index (χ0n) is 28.9. The van der Waals surface area contributed by atoms with E-state index < -0.39 is 29.2 Å². The van der Waals surface area contributed by atoms with Gasteiger partial charge in [-0.15, -0.1) is 11.8 Å². The Morgan fingerprint density at radius 2 is 1.96 bits per heavy atom. The van der Waals surface area contributed by atoms with E-state index in [1.165, 1.54) is 37.1 Å². The van der Waals surface area contributed by atoms with Crippen molar-refractivity contribution in [1.29, 1.82) is 0 Å².